The molecule has 122 valence electrons. The van der Waals surface area contributed by atoms with Crippen LogP contribution in [-0.4, -0.2) is 38.7 Å². The Morgan fingerprint density at radius 3 is 2.24 bits per heavy atom. The number of nitrogens with two attached hydrogens (primary N) is 1. The molecule has 0 spiro atoms. The van der Waals surface area contributed by atoms with Crippen LogP contribution in [0.2, 0.25) is 0 Å². The molecule has 4 N–H and O–H groups in total. The van der Waals surface area contributed by atoms with Gasteiger partial charge in [0.15, 0.2) is 0 Å². The maximum Gasteiger partial charge on any atom is 0.233 e. The fourth-order valence-corrected chi connectivity index (χ4v) is 3.45. The van der Waals surface area contributed by atoms with Crippen molar-refractivity contribution in [3.63, 3.8) is 0 Å². The van der Waals surface area contributed by atoms with Crippen LogP contribution in [0.25, 0.3) is 0 Å². The summed E-state index contributed by atoms with van der Waals surface area (Å²) in [4.78, 5) is 12.7. The van der Waals surface area contributed by atoms with Crippen LogP contribution in [0.5, 0.6) is 0 Å². The third-order valence-corrected chi connectivity index (χ3v) is 4.99. The molecule has 0 aromatic carbocycles. The van der Waals surface area contributed by atoms with Gasteiger partial charge in [-0.3, -0.25) is 4.79 Å². The molecule has 1 saturated carbocycles. The van der Waals surface area contributed by atoms with Gasteiger partial charge in [-0.2, -0.15) is 0 Å². The molecule has 1 rings (SSSR count). The van der Waals surface area contributed by atoms with Crippen LogP contribution in [0.4, 0.5) is 0 Å². The minimum atomic E-state index is -3.18. The van der Waals surface area contributed by atoms with Crippen molar-refractivity contribution in [2.45, 2.75) is 44.9 Å². The van der Waals surface area contributed by atoms with E-state index in [0.717, 1.165) is 31.9 Å². The first-order valence-electron chi connectivity index (χ1n) is 7.31. The fraction of sp³-hybridized carbons (Fsp3) is 0.846. The van der Waals surface area contributed by atoms with E-state index < -0.39 is 15.4 Å². The van der Waals surface area contributed by atoms with E-state index in [-0.39, 0.29) is 10.9 Å². The van der Waals surface area contributed by atoms with E-state index in [1.807, 2.05) is 0 Å². The number of nitrogens with one attached hydrogen (secondary N) is 2. The highest BCUT2D eigenvalue weighted by Crippen LogP contribution is 2.35. The lowest BCUT2D eigenvalue weighted by atomic mass is 9.79. The first-order valence-corrected chi connectivity index (χ1v) is 9.61. The molecule has 0 aromatic heterocycles. The second-order valence-corrected chi connectivity index (χ2v) is 7.91. The zero-order valence-corrected chi connectivity index (χ0v) is 14.1. The van der Waals surface area contributed by atoms with Gasteiger partial charge in [0.2, 0.25) is 15.9 Å². The minimum Gasteiger partial charge on any atom is -0.392 e. The zero-order valence-electron chi connectivity index (χ0n) is 12.5. The van der Waals surface area contributed by atoms with E-state index >= 15 is 0 Å². The Kier molecular flexibility index (Phi) is 7.02. The number of carbonyl (C=O) groups excluding carboxylic acids is 1. The summed E-state index contributed by atoms with van der Waals surface area (Å²) in [5.41, 5.74) is 5.11. The van der Waals surface area contributed by atoms with Gasteiger partial charge in [-0.1, -0.05) is 37.9 Å². The van der Waals surface area contributed by atoms with Crippen molar-refractivity contribution in [3.8, 4) is 0 Å². The lowest BCUT2D eigenvalue weighted by Gasteiger charge is -2.30. The van der Waals surface area contributed by atoms with Crippen LogP contribution in [0.3, 0.4) is 0 Å². The predicted molar refractivity (Wildman–Crippen MR) is 87.4 cm³/mol. The highest BCUT2D eigenvalue weighted by molar-refractivity contribution is 7.88. The second kappa shape index (κ2) is 8.05. The number of hydrogen-bond acceptors (Lipinski definition) is 4. The molecule has 0 aliphatic heterocycles. The molecule has 1 fully saturated rings. The standard InChI is InChI=1S/C13H25N3O3S2/c1-21(18,19)16-10-6-9-15-12(17)13(11(14)20)7-4-2-3-5-8-13/h16H,2-10H2,1H3,(H2,14,20)(H,15,17). The Morgan fingerprint density at radius 1 is 1.19 bits per heavy atom. The maximum atomic E-state index is 12.5. The highest BCUT2D eigenvalue weighted by atomic mass is 32.2. The summed E-state index contributed by atoms with van der Waals surface area (Å²) in [6.07, 6.45) is 7.18. The largest absolute Gasteiger partial charge is 0.392 e. The van der Waals surface area contributed by atoms with Crippen molar-refractivity contribution in [2.75, 3.05) is 19.3 Å². The number of amides is 1. The monoisotopic (exact) mass is 335 g/mol. The molecule has 0 aromatic rings. The Hall–Kier alpha value is -0.730. The Labute approximate surface area is 132 Å². The van der Waals surface area contributed by atoms with Crippen molar-refractivity contribution < 1.29 is 13.2 Å². The fourth-order valence-electron chi connectivity index (χ4n) is 2.63. The topological polar surface area (TPSA) is 101 Å². The molecule has 0 radical (unpaired) electrons. The number of sulfonamides is 1. The van der Waals surface area contributed by atoms with Gasteiger partial charge in [-0.25, -0.2) is 13.1 Å². The average molecular weight is 335 g/mol. The second-order valence-electron chi connectivity index (χ2n) is 5.64. The van der Waals surface area contributed by atoms with Crippen LogP contribution in [0.15, 0.2) is 0 Å². The quantitative estimate of drug-likeness (QED) is 0.361. The zero-order chi connectivity index (χ0) is 15.9. The van der Waals surface area contributed by atoms with E-state index in [0.29, 0.717) is 32.4 Å². The van der Waals surface area contributed by atoms with Gasteiger partial charge in [-0.05, 0) is 19.3 Å². The van der Waals surface area contributed by atoms with E-state index in [2.05, 4.69) is 10.0 Å². The van der Waals surface area contributed by atoms with Crippen LogP contribution in [0.1, 0.15) is 44.9 Å². The van der Waals surface area contributed by atoms with E-state index in [4.69, 9.17) is 18.0 Å². The summed E-state index contributed by atoms with van der Waals surface area (Å²) >= 11 is 5.14. The number of thiocarbonyl (C=S) groups is 1. The maximum absolute atomic E-state index is 12.5. The normalized spacial score (nSPS) is 18.7. The Balaban J connectivity index is 2.48. The van der Waals surface area contributed by atoms with Crippen LogP contribution < -0.4 is 15.8 Å². The van der Waals surface area contributed by atoms with Crippen molar-refractivity contribution >= 4 is 33.1 Å². The predicted octanol–water partition coefficient (Wildman–Crippen LogP) is 0.669. The van der Waals surface area contributed by atoms with Gasteiger partial charge >= 0.3 is 0 Å². The molecule has 0 bridgehead atoms. The van der Waals surface area contributed by atoms with E-state index in [1.165, 1.54) is 0 Å². The molecule has 1 aliphatic rings. The molecule has 8 heteroatoms. The molecule has 21 heavy (non-hydrogen) atoms. The van der Waals surface area contributed by atoms with E-state index in [9.17, 15) is 13.2 Å². The molecular formula is C13H25N3O3S2. The van der Waals surface area contributed by atoms with Gasteiger partial charge in [0.25, 0.3) is 0 Å². The third kappa shape index (κ3) is 5.88. The number of hydrogen-bond donors (Lipinski definition) is 3. The summed E-state index contributed by atoms with van der Waals surface area (Å²) in [5.74, 6) is -0.115. The van der Waals surface area contributed by atoms with Crippen molar-refractivity contribution in [1.82, 2.24) is 10.0 Å². The van der Waals surface area contributed by atoms with Gasteiger partial charge in [0.05, 0.1) is 16.7 Å². The molecule has 1 amide bonds. The van der Waals surface area contributed by atoms with Gasteiger partial charge in [-0.15, -0.1) is 0 Å². The summed E-state index contributed by atoms with van der Waals surface area (Å²) < 4.78 is 24.2. The van der Waals surface area contributed by atoms with Crippen molar-refractivity contribution in [1.29, 1.82) is 0 Å². The van der Waals surface area contributed by atoms with Crippen molar-refractivity contribution in [3.05, 3.63) is 0 Å². The van der Waals surface area contributed by atoms with Gasteiger partial charge in [0.1, 0.15) is 0 Å². The summed E-state index contributed by atoms with van der Waals surface area (Å²) in [6, 6.07) is 0. The van der Waals surface area contributed by atoms with Crippen LogP contribution in [0, 0.1) is 5.41 Å². The minimum absolute atomic E-state index is 0.115. The molecule has 0 unspecified atom stereocenters. The molecule has 0 atom stereocenters. The smallest absolute Gasteiger partial charge is 0.233 e. The number of carbonyl (C=O) groups is 1. The molecule has 6 nitrogen and oxygen atoms in total. The Bertz CT molecular complexity index is 469. The molecule has 1 aliphatic carbocycles. The van der Waals surface area contributed by atoms with Gasteiger partial charge < -0.3 is 11.1 Å². The number of rotatable bonds is 7. The first kappa shape index (κ1) is 18.3. The summed E-state index contributed by atoms with van der Waals surface area (Å²) in [6.45, 7) is 0.713. The van der Waals surface area contributed by atoms with Gasteiger partial charge in [0, 0.05) is 13.1 Å². The average Bonchev–Trinajstić information content (AvgIpc) is 2.63. The highest BCUT2D eigenvalue weighted by Gasteiger charge is 2.41. The molecule has 0 heterocycles. The molecule has 0 saturated heterocycles. The lowest BCUT2D eigenvalue weighted by molar-refractivity contribution is -0.128. The van der Waals surface area contributed by atoms with Crippen LogP contribution >= 0.6 is 12.2 Å². The lowest BCUT2D eigenvalue weighted by Crippen LogP contribution is -2.49. The summed E-state index contributed by atoms with van der Waals surface area (Å²) in [5, 5.41) is 2.85. The Morgan fingerprint density at radius 2 is 1.76 bits per heavy atom. The van der Waals surface area contributed by atoms with Crippen molar-refractivity contribution in [2.24, 2.45) is 11.1 Å². The van der Waals surface area contributed by atoms with Crippen LogP contribution in [-0.2, 0) is 14.8 Å². The van der Waals surface area contributed by atoms with E-state index in [1.54, 1.807) is 0 Å². The first-order chi connectivity index (χ1) is 9.78. The summed E-state index contributed by atoms with van der Waals surface area (Å²) in [7, 11) is -3.18. The molecular weight excluding hydrogens is 310 g/mol. The SMILES string of the molecule is CS(=O)(=O)NCCCNC(=O)C1(C(N)=S)CCCCCC1. The third-order valence-electron chi connectivity index (χ3n) is 3.87.